The molecule has 158 valence electrons. The van der Waals surface area contributed by atoms with Crippen LogP contribution < -0.4 is 9.47 Å². The molecule has 5 heteroatoms. The van der Waals surface area contributed by atoms with Gasteiger partial charge in [-0.1, -0.05) is 40.3 Å². The second-order valence-electron chi connectivity index (χ2n) is 8.83. The van der Waals surface area contributed by atoms with Crippen LogP contribution in [0.15, 0.2) is 43.2 Å². The van der Waals surface area contributed by atoms with E-state index in [0.29, 0.717) is 13.2 Å². The van der Waals surface area contributed by atoms with E-state index in [0.717, 1.165) is 40.2 Å². The molecule has 0 fully saturated rings. The lowest BCUT2D eigenvalue weighted by molar-refractivity contribution is 0.294. The molecule has 0 unspecified atom stereocenters. The highest BCUT2D eigenvalue weighted by molar-refractivity contribution is 6.74. The molecule has 0 saturated carbocycles. The Morgan fingerprint density at radius 2 is 1.79 bits per heavy atom. The molecule has 29 heavy (non-hydrogen) atoms. The van der Waals surface area contributed by atoms with Crippen molar-refractivity contribution in [2.45, 2.75) is 52.2 Å². The molecule has 2 rings (SSSR count). The van der Waals surface area contributed by atoms with E-state index in [1.54, 1.807) is 7.11 Å². The number of benzene rings is 1. The molecule has 0 aliphatic rings. The maximum atomic E-state index is 6.32. The summed E-state index contributed by atoms with van der Waals surface area (Å²) in [5.41, 5.74) is 3.98. The number of hydrogen-bond acceptors (Lipinski definition) is 4. The van der Waals surface area contributed by atoms with Crippen LogP contribution in [-0.4, -0.2) is 33.6 Å². The van der Waals surface area contributed by atoms with Crippen LogP contribution in [0, 0.1) is 0 Å². The fourth-order valence-electron chi connectivity index (χ4n) is 2.54. The van der Waals surface area contributed by atoms with E-state index < -0.39 is 8.32 Å². The van der Waals surface area contributed by atoms with Gasteiger partial charge in [0.1, 0.15) is 0 Å². The number of nitrogens with zero attached hydrogens (tertiary/aromatic N) is 1. The van der Waals surface area contributed by atoms with Crippen LogP contribution in [0.5, 0.6) is 11.5 Å². The number of pyridine rings is 1. The van der Waals surface area contributed by atoms with Gasteiger partial charge in [-0.25, -0.2) is 0 Å². The molecule has 0 saturated heterocycles. The molecule has 0 bridgehead atoms. The van der Waals surface area contributed by atoms with Crippen molar-refractivity contribution < 1.29 is 13.9 Å². The average Bonchev–Trinajstić information content (AvgIpc) is 2.69. The Balaban J connectivity index is 2.22. The largest absolute Gasteiger partial charge is 0.493 e. The van der Waals surface area contributed by atoms with Crippen LogP contribution in [0.2, 0.25) is 18.1 Å². The Morgan fingerprint density at radius 3 is 2.41 bits per heavy atom. The summed E-state index contributed by atoms with van der Waals surface area (Å²) >= 11 is 0. The summed E-state index contributed by atoms with van der Waals surface area (Å²) in [6.45, 7) is 18.7. The molecular formula is C24H35NO3Si. The lowest BCUT2D eigenvalue weighted by Crippen LogP contribution is -2.41. The third-order valence-corrected chi connectivity index (χ3v) is 10.00. The summed E-state index contributed by atoms with van der Waals surface area (Å²) in [6, 6.07) is 8.07. The van der Waals surface area contributed by atoms with E-state index in [9.17, 15) is 0 Å². The van der Waals surface area contributed by atoms with Crippen LogP contribution in [-0.2, 0) is 4.43 Å². The fraction of sp³-hybridized carbons (Fsp3) is 0.458. The van der Waals surface area contributed by atoms with Crippen molar-refractivity contribution in [3.8, 4) is 22.6 Å². The Bertz CT molecular complexity index is 840. The van der Waals surface area contributed by atoms with Gasteiger partial charge in [0, 0.05) is 18.0 Å². The maximum absolute atomic E-state index is 6.32. The Hall–Kier alpha value is -2.11. The summed E-state index contributed by atoms with van der Waals surface area (Å²) in [7, 11) is -0.166. The number of aromatic nitrogens is 1. The van der Waals surface area contributed by atoms with Crippen molar-refractivity contribution in [3.63, 3.8) is 0 Å². The second-order valence-corrected chi connectivity index (χ2v) is 13.6. The van der Waals surface area contributed by atoms with Crippen molar-refractivity contribution in [2.75, 3.05) is 20.3 Å². The minimum absolute atomic E-state index is 0.172. The van der Waals surface area contributed by atoms with Crippen LogP contribution in [0.25, 0.3) is 16.7 Å². The van der Waals surface area contributed by atoms with Crippen LogP contribution in [0.3, 0.4) is 0 Å². The molecule has 1 aromatic heterocycles. The topological polar surface area (TPSA) is 40.6 Å². The predicted molar refractivity (Wildman–Crippen MR) is 124 cm³/mol. The maximum Gasteiger partial charge on any atom is 0.192 e. The zero-order valence-electron chi connectivity index (χ0n) is 19.0. The molecule has 0 aliphatic heterocycles. The van der Waals surface area contributed by atoms with Gasteiger partial charge in [-0.15, -0.1) is 0 Å². The SMILES string of the molecule is C=C(CO[Si](C)(C)C(C)(C)C)c1cncc(-c2ccc(OC)c(OCCC)c2)c1. The quantitative estimate of drug-likeness (QED) is 0.435. The molecule has 0 atom stereocenters. The smallest absolute Gasteiger partial charge is 0.192 e. The first-order chi connectivity index (χ1) is 13.6. The van der Waals surface area contributed by atoms with E-state index in [1.165, 1.54) is 0 Å². The third kappa shape index (κ3) is 5.94. The van der Waals surface area contributed by atoms with Crippen molar-refractivity contribution in [3.05, 3.63) is 48.8 Å². The molecule has 0 spiro atoms. The highest BCUT2D eigenvalue weighted by Gasteiger charge is 2.37. The van der Waals surface area contributed by atoms with Crippen molar-refractivity contribution in [1.82, 2.24) is 4.98 Å². The summed E-state index contributed by atoms with van der Waals surface area (Å²) in [4.78, 5) is 4.43. The molecule has 0 amide bonds. The standard InChI is InChI=1S/C24H35NO3Si/c1-9-12-27-23-14-19(10-11-22(23)26-6)21-13-20(15-25-16-21)18(2)17-28-29(7,8)24(3,4)5/h10-11,13-16H,2,9,12,17H2,1,3-8H3. The number of methoxy groups -OCH3 is 1. The summed E-state index contributed by atoms with van der Waals surface area (Å²) in [6.07, 6.45) is 4.65. The normalized spacial score (nSPS) is 12.0. The summed E-state index contributed by atoms with van der Waals surface area (Å²) in [5.74, 6) is 1.48. The second kappa shape index (κ2) is 9.59. The van der Waals surface area contributed by atoms with E-state index in [4.69, 9.17) is 13.9 Å². The first-order valence-electron chi connectivity index (χ1n) is 10.2. The lowest BCUT2D eigenvalue weighted by atomic mass is 10.0. The Kier molecular flexibility index (Phi) is 7.66. The highest BCUT2D eigenvalue weighted by Crippen LogP contribution is 2.37. The Morgan fingerprint density at radius 1 is 1.07 bits per heavy atom. The van der Waals surface area contributed by atoms with Gasteiger partial charge in [0.05, 0.1) is 20.3 Å². The number of hydrogen-bond donors (Lipinski definition) is 0. The molecule has 4 nitrogen and oxygen atoms in total. The lowest BCUT2D eigenvalue weighted by Gasteiger charge is -2.36. The first kappa shape index (κ1) is 23.2. The van der Waals surface area contributed by atoms with Gasteiger partial charge in [0.2, 0.25) is 0 Å². The number of rotatable bonds is 9. The molecule has 1 heterocycles. The van der Waals surface area contributed by atoms with Crippen molar-refractivity contribution in [1.29, 1.82) is 0 Å². The van der Waals surface area contributed by atoms with Gasteiger partial charge in [-0.3, -0.25) is 4.98 Å². The van der Waals surface area contributed by atoms with Crippen molar-refractivity contribution >= 4 is 13.9 Å². The van der Waals surface area contributed by atoms with Gasteiger partial charge < -0.3 is 13.9 Å². The summed E-state index contributed by atoms with van der Waals surface area (Å²) < 4.78 is 17.6. The van der Waals surface area contributed by atoms with Crippen LogP contribution >= 0.6 is 0 Å². The van der Waals surface area contributed by atoms with E-state index in [1.807, 2.05) is 30.6 Å². The molecule has 2 aromatic rings. The zero-order valence-corrected chi connectivity index (χ0v) is 20.0. The minimum Gasteiger partial charge on any atom is -0.493 e. The number of ether oxygens (including phenoxy) is 2. The van der Waals surface area contributed by atoms with E-state index in [-0.39, 0.29) is 5.04 Å². The molecular weight excluding hydrogens is 378 g/mol. The first-order valence-corrected chi connectivity index (χ1v) is 13.1. The third-order valence-electron chi connectivity index (χ3n) is 5.52. The predicted octanol–water partition coefficient (Wildman–Crippen LogP) is 6.58. The average molecular weight is 414 g/mol. The monoisotopic (exact) mass is 413 g/mol. The van der Waals surface area contributed by atoms with Gasteiger partial charge in [0.15, 0.2) is 19.8 Å². The fourth-order valence-corrected chi connectivity index (χ4v) is 3.51. The Labute approximate surface area is 177 Å². The van der Waals surface area contributed by atoms with E-state index >= 15 is 0 Å². The highest BCUT2D eigenvalue weighted by atomic mass is 28.4. The van der Waals surface area contributed by atoms with Crippen LogP contribution in [0.1, 0.15) is 39.7 Å². The van der Waals surface area contributed by atoms with Gasteiger partial charge >= 0.3 is 0 Å². The van der Waals surface area contributed by atoms with Crippen molar-refractivity contribution in [2.24, 2.45) is 0 Å². The van der Waals surface area contributed by atoms with Crippen LogP contribution in [0.4, 0.5) is 0 Å². The van der Waals surface area contributed by atoms with E-state index in [2.05, 4.69) is 58.4 Å². The molecule has 1 aromatic carbocycles. The molecule has 0 radical (unpaired) electrons. The van der Waals surface area contributed by atoms with Gasteiger partial charge in [-0.2, -0.15) is 0 Å². The van der Waals surface area contributed by atoms with Gasteiger partial charge in [-0.05, 0) is 59.5 Å². The minimum atomic E-state index is -1.82. The van der Waals surface area contributed by atoms with Gasteiger partial charge in [0.25, 0.3) is 0 Å². The molecule has 0 aliphatic carbocycles. The zero-order chi connectivity index (χ0) is 21.7. The summed E-state index contributed by atoms with van der Waals surface area (Å²) in [5, 5.41) is 0.172. The molecule has 0 N–H and O–H groups in total.